The summed E-state index contributed by atoms with van der Waals surface area (Å²) in [5.41, 5.74) is 4.73. The number of hydrogen-bond acceptors (Lipinski definition) is 7. The third-order valence-corrected chi connectivity index (χ3v) is 8.03. The van der Waals surface area contributed by atoms with E-state index in [9.17, 15) is 14.6 Å². The number of carbonyl (C=O) groups excluding carboxylic acids is 2. The highest BCUT2D eigenvalue weighted by Gasteiger charge is 2.29. The van der Waals surface area contributed by atoms with Gasteiger partial charge in [0.15, 0.2) is 5.82 Å². The number of ether oxygens (including phenoxy) is 1. The van der Waals surface area contributed by atoms with Crippen LogP contribution in [-0.2, 0) is 4.79 Å². The van der Waals surface area contributed by atoms with E-state index >= 15 is 0 Å². The fourth-order valence-electron chi connectivity index (χ4n) is 5.40. The maximum Gasteiger partial charge on any atom is 0.320 e. The number of rotatable bonds is 13. The molecule has 232 valence electrons. The topological polar surface area (TPSA) is 119 Å². The molecule has 0 fully saturated rings. The molecule has 1 aromatic heterocycles. The Bertz CT molecular complexity index is 1690. The van der Waals surface area contributed by atoms with Crippen molar-refractivity contribution in [3.8, 4) is 11.4 Å². The Hall–Kier alpha value is -4.28. The number of fused-ring (bicyclic) bond motifs is 3. The van der Waals surface area contributed by atoms with Crippen LogP contribution in [0.4, 0.5) is 0 Å². The van der Waals surface area contributed by atoms with Crippen LogP contribution < -0.4 is 15.5 Å². The first kappa shape index (κ1) is 32.1. The van der Waals surface area contributed by atoms with Gasteiger partial charge in [0.25, 0.3) is 5.91 Å². The summed E-state index contributed by atoms with van der Waals surface area (Å²) in [6, 6.07) is 20.0. The van der Waals surface area contributed by atoms with Gasteiger partial charge in [0.2, 0.25) is 0 Å². The molecule has 0 unspecified atom stereocenters. The lowest BCUT2D eigenvalue weighted by Crippen LogP contribution is -2.28. The highest BCUT2D eigenvalue weighted by Crippen LogP contribution is 2.34. The van der Waals surface area contributed by atoms with E-state index in [1.54, 1.807) is 38.0 Å². The summed E-state index contributed by atoms with van der Waals surface area (Å²) in [6.45, 7) is 5.75. The number of carbonyl (C=O) groups is 2. The zero-order valence-electron chi connectivity index (χ0n) is 25.8. The van der Waals surface area contributed by atoms with Gasteiger partial charge < -0.3 is 15.1 Å². The Labute approximate surface area is 268 Å². The first-order valence-corrected chi connectivity index (χ1v) is 15.7. The van der Waals surface area contributed by atoms with Gasteiger partial charge in [-0.25, -0.2) is 0 Å². The molecule has 0 radical (unpaired) electrons. The van der Waals surface area contributed by atoms with E-state index in [1.165, 1.54) is 0 Å². The molecule has 5 rings (SSSR count). The summed E-state index contributed by atoms with van der Waals surface area (Å²) in [5.74, 6) is 1.98. The van der Waals surface area contributed by atoms with Crippen molar-refractivity contribution in [2.24, 2.45) is 4.99 Å². The van der Waals surface area contributed by atoms with Crippen molar-refractivity contribution < 1.29 is 19.3 Å². The van der Waals surface area contributed by atoms with E-state index < -0.39 is 13.0 Å². The van der Waals surface area contributed by atoms with Crippen LogP contribution in [0.15, 0.2) is 71.7 Å². The van der Waals surface area contributed by atoms with Crippen LogP contribution in [0.2, 0.25) is 11.8 Å². The summed E-state index contributed by atoms with van der Waals surface area (Å²) in [6.07, 6.45) is 3.90. The Morgan fingerprint density at radius 1 is 1.00 bits per heavy atom. The molecular formula is C34H37BClN5O4. The van der Waals surface area contributed by atoms with Gasteiger partial charge in [-0.1, -0.05) is 55.5 Å². The molecular weight excluding hydrogens is 589 g/mol. The van der Waals surface area contributed by atoms with E-state index in [0.717, 1.165) is 59.4 Å². The number of aliphatic imine (C=N–C) groups is 1. The molecule has 11 heteroatoms. The van der Waals surface area contributed by atoms with E-state index in [-0.39, 0.29) is 18.1 Å². The maximum atomic E-state index is 12.4. The molecule has 3 aromatic carbocycles. The fraction of sp³-hybridized carbons (Fsp3) is 0.324. The standard InChI is InChI=1S/C34H37BClN5O4/c1-22(42)20-30-33-40-39-23(2)41(33)31-17-16-28(21-29(31)32(38-30)24-10-14-27(36)15-11-24)45-19-7-5-4-6-18-37-34(43)25-8-12-26(13-9-25)35(3)44/h8-17,21,30,44H,4-7,18-20H2,1-3H3,(H,37,43)/t30-/m0/s1. The van der Waals surface area contributed by atoms with Gasteiger partial charge in [-0.3, -0.25) is 19.1 Å². The third kappa shape index (κ3) is 7.88. The minimum atomic E-state index is -0.553. The molecule has 2 N–H and O–H groups in total. The molecule has 45 heavy (non-hydrogen) atoms. The molecule has 0 bridgehead atoms. The van der Waals surface area contributed by atoms with Gasteiger partial charge in [0.05, 0.1) is 18.0 Å². The summed E-state index contributed by atoms with van der Waals surface area (Å²) in [5, 5.41) is 21.9. The lowest BCUT2D eigenvalue weighted by Gasteiger charge is -2.15. The number of amides is 1. The maximum absolute atomic E-state index is 12.4. The largest absolute Gasteiger partial charge is 0.494 e. The number of hydrogen-bond donors (Lipinski definition) is 2. The Balaban J connectivity index is 1.20. The third-order valence-electron chi connectivity index (χ3n) is 7.78. The average molecular weight is 626 g/mol. The van der Waals surface area contributed by atoms with Crippen molar-refractivity contribution in [2.45, 2.75) is 58.8 Å². The Morgan fingerprint density at radius 2 is 1.73 bits per heavy atom. The molecule has 1 amide bonds. The van der Waals surface area contributed by atoms with Crippen molar-refractivity contribution >= 4 is 41.4 Å². The molecule has 0 saturated heterocycles. The van der Waals surface area contributed by atoms with E-state index in [0.29, 0.717) is 35.4 Å². The van der Waals surface area contributed by atoms with Gasteiger partial charge in [0.1, 0.15) is 23.4 Å². The van der Waals surface area contributed by atoms with Crippen molar-refractivity contribution in [1.82, 2.24) is 20.1 Å². The number of ketones is 1. The first-order valence-electron chi connectivity index (χ1n) is 15.3. The molecule has 9 nitrogen and oxygen atoms in total. The van der Waals surface area contributed by atoms with Crippen molar-refractivity contribution in [1.29, 1.82) is 0 Å². The minimum Gasteiger partial charge on any atom is -0.494 e. The van der Waals surface area contributed by atoms with Crippen LogP contribution in [0.5, 0.6) is 5.75 Å². The highest BCUT2D eigenvalue weighted by molar-refractivity contribution is 6.64. The van der Waals surface area contributed by atoms with Gasteiger partial charge in [0, 0.05) is 34.7 Å². The smallest absolute Gasteiger partial charge is 0.320 e. The number of benzene rings is 3. The highest BCUT2D eigenvalue weighted by atomic mass is 35.5. The number of Topliss-reactive ketones (excluding diaryl/α,β-unsaturated/α-hetero) is 1. The molecule has 4 aromatic rings. The van der Waals surface area contributed by atoms with Crippen LogP contribution in [-0.4, -0.2) is 57.3 Å². The monoisotopic (exact) mass is 625 g/mol. The van der Waals surface area contributed by atoms with Crippen LogP contribution in [0.25, 0.3) is 5.69 Å². The van der Waals surface area contributed by atoms with Crippen molar-refractivity contribution in [3.63, 3.8) is 0 Å². The van der Waals surface area contributed by atoms with Crippen LogP contribution in [0, 0.1) is 6.92 Å². The SMILES string of the molecule is CB(O)c1ccc(C(=O)NCCCCCCOc2ccc3c(c2)C(c2ccc(Cl)cc2)=N[C@@H](CC(C)=O)c2nnc(C)n2-3)cc1. The molecule has 0 spiro atoms. The second kappa shape index (κ2) is 14.7. The van der Waals surface area contributed by atoms with Gasteiger partial charge >= 0.3 is 6.92 Å². The predicted octanol–water partition coefficient (Wildman–Crippen LogP) is 5.29. The summed E-state index contributed by atoms with van der Waals surface area (Å²) in [7, 11) is 0. The quantitative estimate of drug-likeness (QED) is 0.154. The van der Waals surface area contributed by atoms with Crippen molar-refractivity contribution in [2.75, 3.05) is 13.2 Å². The van der Waals surface area contributed by atoms with Crippen LogP contribution >= 0.6 is 11.6 Å². The normalized spacial score (nSPS) is 13.7. The predicted molar refractivity (Wildman–Crippen MR) is 177 cm³/mol. The Kier molecular flexibility index (Phi) is 10.5. The number of nitrogens with one attached hydrogen (secondary N) is 1. The molecule has 1 aliphatic rings. The molecule has 1 aliphatic heterocycles. The van der Waals surface area contributed by atoms with Crippen LogP contribution in [0.1, 0.15) is 78.2 Å². The average Bonchev–Trinajstić information content (AvgIpc) is 3.35. The summed E-state index contributed by atoms with van der Waals surface area (Å²) < 4.78 is 8.15. The van der Waals surface area contributed by atoms with E-state index in [4.69, 9.17) is 21.3 Å². The van der Waals surface area contributed by atoms with E-state index in [1.807, 2.05) is 54.0 Å². The molecule has 1 atom stereocenters. The second-order valence-electron chi connectivity index (χ2n) is 11.3. The molecule has 2 heterocycles. The Morgan fingerprint density at radius 3 is 2.44 bits per heavy atom. The summed E-state index contributed by atoms with van der Waals surface area (Å²) >= 11 is 6.19. The number of aromatic nitrogens is 3. The van der Waals surface area contributed by atoms with Crippen LogP contribution in [0.3, 0.4) is 0 Å². The number of halogens is 1. The lowest BCUT2D eigenvalue weighted by molar-refractivity contribution is -0.117. The van der Waals surface area contributed by atoms with Gasteiger partial charge in [-0.2, -0.15) is 0 Å². The molecule has 0 saturated carbocycles. The number of nitrogens with zero attached hydrogens (tertiary/aromatic N) is 4. The number of aryl methyl sites for hydroxylation is 1. The zero-order chi connectivity index (χ0) is 31.9. The van der Waals surface area contributed by atoms with Gasteiger partial charge in [-0.15, -0.1) is 10.2 Å². The molecule has 0 aliphatic carbocycles. The summed E-state index contributed by atoms with van der Waals surface area (Å²) in [4.78, 5) is 29.7. The second-order valence-corrected chi connectivity index (χ2v) is 11.8. The van der Waals surface area contributed by atoms with Gasteiger partial charge in [-0.05, 0) is 74.6 Å². The minimum absolute atomic E-state index is 0.0204. The zero-order valence-corrected chi connectivity index (χ0v) is 26.6. The van der Waals surface area contributed by atoms with Crippen molar-refractivity contribution in [3.05, 3.63) is 100 Å². The number of unbranched alkanes of at least 4 members (excludes halogenated alkanes) is 3. The first-order chi connectivity index (χ1) is 21.7. The van der Waals surface area contributed by atoms with E-state index in [2.05, 4.69) is 15.5 Å². The fourth-order valence-corrected chi connectivity index (χ4v) is 5.53. The lowest BCUT2D eigenvalue weighted by atomic mass is 9.64.